The molecule has 1 nitrogen and oxygen atoms in total. The second kappa shape index (κ2) is 5.90. The summed E-state index contributed by atoms with van der Waals surface area (Å²) in [5, 5.41) is 0. The Morgan fingerprint density at radius 1 is 1.29 bits per heavy atom. The van der Waals surface area contributed by atoms with Crippen molar-refractivity contribution >= 4 is 0 Å². The van der Waals surface area contributed by atoms with E-state index in [2.05, 4.69) is 44.0 Å². The molecule has 1 heteroatoms. The van der Waals surface area contributed by atoms with Gasteiger partial charge in [-0.3, -0.25) is 0 Å². The van der Waals surface area contributed by atoms with Gasteiger partial charge in [-0.05, 0) is 32.5 Å². The first kappa shape index (κ1) is 11.4. The number of hydrogen-bond donors (Lipinski definition) is 0. The van der Waals surface area contributed by atoms with Crippen molar-refractivity contribution in [2.75, 3.05) is 6.54 Å². The Kier molecular flexibility index (Phi) is 4.78. The molecule has 0 N–H and O–H groups in total. The van der Waals surface area contributed by atoms with E-state index in [-0.39, 0.29) is 0 Å². The van der Waals surface area contributed by atoms with Crippen molar-refractivity contribution in [2.45, 2.75) is 52.5 Å². The lowest BCUT2D eigenvalue weighted by atomic mass is 10.1. The monoisotopic (exact) mass is 193 g/mol. The van der Waals surface area contributed by atoms with Crippen molar-refractivity contribution in [3.05, 3.63) is 23.9 Å². The van der Waals surface area contributed by atoms with E-state index in [0.717, 1.165) is 0 Å². The first-order valence-corrected chi connectivity index (χ1v) is 5.86. The lowest BCUT2D eigenvalue weighted by molar-refractivity contribution is 0.311. The van der Waals surface area contributed by atoms with Crippen LogP contribution in [-0.2, 0) is 0 Å². The van der Waals surface area contributed by atoms with E-state index in [9.17, 15) is 0 Å². The zero-order valence-electron chi connectivity index (χ0n) is 9.79. The van der Waals surface area contributed by atoms with Crippen molar-refractivity contribution in [1.82, 2.24) is 4.90 Å². The van der Waals surface area contributed by atoms with Gasteiger partial charge in [0.05, 0.1) is 0 Å². The van der Waals surface area contributed by atoms with Gasteiger partial charge in [0.15, 0.2) is 0 Å². The molecule has 1 heterocycles. The lowest BCUT2D eigenvalue weighted by Crippen LogP contribution is -2.31. The molecule has 0 spiro atoms. The fourth-order valence-electron chi connectivity index (χ4n) is 1.82. The van der Waals surface area contributed by atoms with E-state index in [4.69, 9.17) is 0 Å². The summed E-state index contributed by atoms with van der Waals surface area (Å²) < 4.78 is 0. The Balaban J connectivity index is 2.25. The summed E-state index contributed by atoms with van der Waals surface area (Å²) in [4.78, 5) is 2.45. The van der Waals surface area contributed by atoms with Crippen LogP contribution in [0.15, 0.2) is 23.9 Å². The predicted molar refractivity (Wildman–Crippen MR) is 63.2 cm³/mol. The van der Waals surface area contributed by atoms with Crippen LogP contribution in [0.3, 0.4) is 0 Å². The van der Waals surface area contributed by atoms with E-state index in [0.29, 0.717) is 6.04 Å². The fourth-order valence-corrected chi connectivity index (χ4v) is 1.82. The smallest absolute Gasteiger partial charge is 0.0468 e. The highest BCUT2D eigenvalue weighted by atomic mass is 15.1. The molecule has 14 heavy (non-hydrogen) atoms. The van der Waals surface area contributed by atoms with Gasteiger partial charge in [0.2, 0.25) is 0 Å². The van der Waals surface area contributed by atoms with E-state index in [1.807, 2.05) is 0 Å². The average Bonchev–Trinajstić information content (AvgIpc) is 2.19. The minimum Gasteiger partial charge on any atom is -0.371 e. The van der Waals surface area contributed by atoms with Crippen molar-refractivity contribution in [3.63, 3.8) is 0 Å². The highest BCUT2D eigenvalue weighted by Crippen LogP contribution is 2.16. The molecule has 0 saturated carbocycles. The van der Waals surface area contributed by atoms with Gasteiger partial charge in [0.25, 0.3) is 0 Å². The molecular formula is C13H23N. The predicted octanol–water partition coefficient (Wildman–Crippen LogP) is 3.73. The molecule has 1 aliphatic rings. The Morgan fingerprint density at radius 2 is 2.07 bits per heavy atom. The number of rotatable bonds is 5. The van der Waals surface area contributed by atoms with Gasteiger partial charge < -0.3 is 4.90 Å². The molecule has 0 radical (unpaired) electrons. The summed E-state index contributed by atoms with van der Waals surface area (Å²) in [5.74, 6) is 0. The topological polar surface area (TPSA) is 3.24 Å². The lowest BCUT2D eigenvalue weighted by Gasteiger charge is -2.30. The Labute approximate surface area is 88.5 Å². The van der Waals surface area contributed by atoms with E-state index in [1.54, 1.807) is 0 Å². The largest absolute Gasteiger partial charge is 0.371 e. The van der Waals surface area contributed by atoms with Crippen molar-refractivity contribution < 1.29 is 0 Å². The summed E-state index contributed by atoms with van der Waals surface area (Å²) in [6, 6.07) is 0.599. The second-order valence-electron chi connectivity index (χ2n) is 4.23. The molecule has 0 aromatic carbocycles. The minimum absolute atomic E-state index is 0.599. The summed E-state index contributed by atoms with van der Waals surface area (Å²) in [7, 11) is 0. The maximum Gasteiger partial charge on any atom is 0.0468 e. The van der Waals surface area contributed by atoms with Gasteiger partial charge in [0, 0.05) is 12.6 Å². The zero-order valence-corrected chi connectivity index (χ0v) is 9.79. The summed E-state index contributed by atoms with van der Waals surface area (Å²) in [6.07, 6.45) is 12.0. The van der Waals surface area contributed by atoms with E-state index < -0.39 is 0 Å². The number of nitrogens with zero attached hydrogens (tertiary/aromatic N) is 1. The third-order valence-electron chi connectivity index (χ3n) is 3.06. The van der Waals surface area contributed by atoms with Gasteiger partial charge in [-0.15, -0.1) is 0 Å². The van der Waals surface area contributed by atoms with Crippen molar-refractivity contribution in [1.29, 1.82) is 0 Å². The first-order valence-electron chi connectivity index (χ1n) is 5.86. The molecule has 1 atom stereocenters. The third kappa shape index (κ3) is 3.21. The minimum atomic E-state index is 0.599. The van der Waals surface area contributed by atoms with Gasteiger partial charge in [-0.25, -0.2) is 0 Å². The van der Waals surface area contributed by atoms with Crippen LogP contribution in [0, 0.1) is 0 Å². The summed E-state index contributed by atoms with van der Waals surface area (Å²) >= 11 is 0. The quantitative estimate of drug-likeness (QED) is 0.601. The molecule has 0 aromatic heterocycles. The normalized spacial score (nSPS) is 21.2. The molecular weight excluding hydrogens is 170 g/mol. The molecule has 1 unspecified atom stereocenters. The molecule has 80 valence electrons. The molecule has 0 saturated heterocycles. The van der Waals surface area contributed by atoms with Gasteiger partial charge >= 0.3 is 0 Å². The van der Waals surface area contributed by atoms with Crippen LogP contribution in [0.1, 0.15) is 46.5 Å². The van der Waals surface area contributed by atoms with E-state index >= 15 is 0 Å². The maximum atomic E-state index is 2.45. The SMILES string of the molecule is CCCCCCN1C=CC=C(C)C1C. The summed E-state index contributed by atoms with van der Waals surface area (Å²) in [6.45, 7) is 7.97. The van der Waals surface area contributed by atoms with Crippen LogP contribution < -0.4 is 0 Å². The standard InChI is InChI=1S/C13H23N/c1-4-5-6-7-10-14-11-8-9-12(2)13(14)3/h8-9,11,13H,4-7,10H2,1-3H3. The Morgan fingerprint density at radius 3 is 2.79 bits per heavy atom. The van der Waals surface area contributed by atoms with Gasteiger partial charge in [-0.1, -0.05) is 37.8 Å². The highest BCUT2D eigenvalue weighted by molar-refractivity contribution is 5.20. The molecule has 0 aliphatic carbocycles. The highest BCUT2D eigenvalue weighted by Gasteiger charge is 2.12. The molecule has 0 amide bonds. The van der Waals surface area contributed by atoms with Crippen LogP contribution in [0.4, 0.5) is 0 Å². The number of allylic oxidation sites excluding steroid dienone is 2. The van der Waals surface area contributed by atoms with Gasteiger partial charge in [-0.2, -0.15) is 0 Å². The number of hydrogen-bond acceptors (Lipinski definition) is 1. The number of unbranched alkanes of at least 4 members (excludes halogenated alkanes) is 3. The van der Waals surface area contributed by atoms with Gasteiger partial charge in [0.1, 0.15) is 0 Å². The molecule has 0 fully saturated rings. The third-order valence-corrected chi connectivity index (χ3v) is 3.06. The zero-order chi connectivity index (χ0) is 10.4. The second-order valence-corrected chi connectivity index (χ2v) is 4.23. The Hall–Kier alpha value is -0.720. The van der Waals surface area contributed by atoms with E-state index in [1.165, 1.54) is 37.8 Å². The van der Waals surface area contributed by atoms with Crippen molar-refractivity contribution in [2.24, 2.45) is 0 Å². The van der Waals surface area contributed by atoms with Crippen LogP contribution in [0.5, 0.6) is 0 Å². The first-order chi connectivity index (χ1) is 6.75. The van der Waals surface area contributed by atoms with Crippen LogP contribution >= 0.6 is 0 Å². The average molecular weight is 193 g/mol. The molecule has 1 rings (SSSR count). The van der Waals surface area contributed by atoms with Crippen LogP contribution in [-0.4, -0.2) is 17.5 Å². The molecule has 0 aromatic rings. The Bertz CT molecular complexity index is 215. The maximum absolute atomic E-state index is 2.45. The molecule has 1 aliphatic heterocycles. The van der Waals surface area contributed by atoms with Crippen LogP contribution in [0.2, 0.25) is 0 Å². The molecule has 0 bridgehead atoms. The fraction of sp³-hybridized carbons (Fsp3) is 0.692. The van der Waals surface area contributed by atoms with Crippen molar-refractivity contribution in [3.8, 4) is 0 Å². The summed E-state index contributed by atoms with van der Waals surface area (Å²) in [5.41, 5.74) is 1.47. The van der Waals surface area contributed by atoms with Crippen LogP contribution in [0.25, 0.3) is 0 Å².